The van der Waals surface area contributed by atoms with Gasteiger partial charge in [0.1, 0.15) is 17.0 Å². The van der Waals surface area contributed by atoms with Gasteiger partial charge in [-0.05, 0) is 44.9 Å². The molecule has 110 valence electrons. The summed E-state index contributed by atoms with van der Waals surface area (Å²) in [6, 6.07) is 4.60. The summed E-state index contributed by atoms with van der Waals surface area (Å²) >= 11 is 0. The molecule has 1 aromatic carbocycles. The standard InChI is InChI=1S/C15H20FNO3/c1-10-11(6-5-7-12(10)16)15(19)8-17(9-15)13(18)20-14(2,3)4/h5-7,19H,8-9H2,1-4H3. The van der Waals surface area contributed by atoms with E-state index in [0.29, 0.717) is 11.1 Å². The summed E-state index contributed by atoms with van der Waals surface area (Å²) in [5.41, 5.74) is -0.820. The number of halogens is 1. The fourth-order valence-electron chi connectivity index (χ4n) is 2.32. The predicted molar refractivity (Wildman–Crippen MR) is 72.8 cm³/mol. The minimum absolute atomic E-state index is 0.117. The molecule has 20 heavy (non-hydrogen) atoms. The molecule has 1 fully saturated rings. The molecule has 0 unspecified atom stereocenters. The zero-order valence-corrected chi connectivity index (χ0v) is 12.2. The summed E-state index contributed by atoms with van der Waals surface area (Å²) in [5.74, 6) is -0.355. The van der Waals surface area contributed by atoms with Crippen LogP contribution in [0.5, 0.6) is 0 Å². The van der Waals surface area contributed by atoms with Gasteiger partial charge in [-0.25, -0.2) is 9.18 Å². The van der Waals surface area contributed by atoms with E-state index in [2.05, 4.69) is 0 Å². The van der Waals surface area contributed by atoms with Crippen molar-refractivity contribution in [3.63, 3.8) is 0 Å². The Morgan fingerprint density at radius 3 is 2.55 bits per heavy atom. The average molecular weight is 281 g/mol. The summed E-state index contributed by atoms with van der Waals surface area (Å²) in [7, 11) is 0. The first-order valence-electron chi connectivity index (χ1n) is 6.58. The van der Waals surface area contributed by atoms with Crippen LogP contribution in [-0.2, 0) is 10.3 Å². The number of likely N-dealkylation sites (tertiary alicyclic amines) is 1. The number of rotatable bonds is 1. The molecule has 1 N–H and O–H groups in total. The van der Waals surface area contributed by atoms with E-state index in [1.54, 1.807) is 39.8 Å². The lowest BCUT2D eigenvalue weighted by Gasteiger charge is -2.47. The molecule has 0 bridgehead atoms. The largest absolute Gasteiger partial charge is 0.444 e. The van der Waals surface area contributed by atoms with Crippen molar-refractivity contribution in [2.45, 2.75) is 38.9 Å². The lowest BCUT2D eigenvalue weighted by Crippen LogP contribution is -2.62. The normalized spacial score (nSPS) is 17.6. The monoisotopic (exact) mass is 281 g/mol. The second kappa shape index (κ2) is 4.74. The van der Waals surface area contributed by atoms with Gasteiger partial charge >= 0.3 is 6.09 Å². The highest BCUT2D eigenvalue weighted by Gasteiger charge is 2.47. The van der Waals surface area contributed by atoms with E-state index in [4.69, 9.17) is 4.74 Å². The molecule has 0 atom stereocenters. The van der Waals surface area contributed by atoms with E-state index in [0.717, 1.165) is 0 Å². The highest BCUT2D eigenvalue weighted by atomic mass is 19.1. The molecule has 2 rings (SSSR count). The Bertz CT molecular complexity index is 530. The molecule has 0 radical (unpaired) electrons. The highest BCUT2D eigenvalue weighted by Crippen LogP contribution is 2.35. The van der Waals surface area contributed by atoms with Crippen LogP contribution in [0.15, 0.2) is 18.2 Å². The van der Waals surface area contributed by atoms with Crippen LogP contribution in [0.3, 0.4) is 0 Å². The van der Waals surface area contributed by atoms with Crippen molar-refractivity contribution in [3.8, 4) is 0 Å². The van der Waals surface area contributed by atoms with Gasteiger partial charge in [0.2, 0.25) is 0 Å². The van der Waals surface area contributed by atoms with Gasteiger partial charge in [-0.3, -0.25) is 0 Å². The van der Waals surface area contributed by atoms with Crippen LogP contribution in [-0.4, -0.2) is 34.8 Å². The first-order valence-corrected chi connectivity index (χ1v) is 6.58. The molecule has 1 aliphatic rings. The quantitative estimate of drug-likeness (QED) is 0.860. The molecule has 0 aromatic heterocycles. The Kier molecular flexibility index (Phi) is 3.50. The predicted octanol–water partition coefficient (Wildman–Crippen LogP) is 2.57. The van der Waals surface area contributed by atoms with Crippen molar-refractivity contribution >= 4 is 6.09 Å². The number of benzene rings is 1. The molecule has 1 amide bonds. The Hall–Kier alpha value is -1.62. The van der Waals surface area contributed by atoms with Crippen LogP contribution in [0, 0.1) is 12.7 Å². The summed E-state index contributed by atoms with van der Waals surface area (Å²) in [6.07, 6.45) is -0.462. The maximum absolute atomic E-state index is 13.5. The Morgan fingerprint density at radius 1 is 1.40 bits per heavy atom. The third kappa shape index (κ3) is 2.77. The van der Waals surface area contributed by atoms with E-state index >= 15 is 0 Å². The average Bonchev–Trinajstić information content (AvgIpc) is 2.26. The number of carbonyl (C=O) groups excluding carboxylic acids is 1. The van der Waals surface area contributed by atoms with Crippen molar-refractivity contribution in [2.24, 2.45) is 0 Å². The van der Waals surface area contributed by atoms with Crippen LogP contribution in [0.4, 0.5) is 9.18 Å². The summed E-state index contributed by atoms with van der Waals surface area (Å²) in [5, 5.41) is 10.5. The summed E-state index contributed by atoms with van der Waals surface area (Å²) in [4.78, 5) is 13.2. The molecule has 5 heteroatoms. The SMILES string of the molecule is Cc1c(F)cccc1C1(O)CN(C(=O)OC(C)(C)C)C1. The maximum Gasteiger partial charge on any atom is 0.410 e. The number of aliphatic hydroxyl groups is 1. The van der Waals surface area contributed by atoms with E-state index in [-0.39, 0.29) is 18.9 Å². The van der Waals surface area contributed by atoms with Gasteiger partial charge in [-0.15, -0.1) is 0 Å². The van der Waals surface area contributed by atoms with Crippen molar-refractivity contribution in [3.05, 3.63) is 35.1 Å². The molecule has 0 aliphatic carbocycles. The van der Waals surface area contributed by atoms with Crippen molar-refractivity contribution in [1.82, 2.24) is 4.90 Å². The molecule has 1 heterocycles. The van der Waals surface area contributed by atoms with Gasteiger partial charge in [-0.1, -0.05) is 12.1 Å². The Morgan fingerprint density at radius 2 is 2.00 bits per heavy atom. The zero-order chi connectivity index (χ0) is 15.1. The van der Waals surface area contributed by atoms with E-state index in [1.807, 2.05) is 0 Å². The number of β-amino-alcohol motifs (C(OH)–C–C–N with tert-alkyl or cyclic N) is 1. The van der Waals surface area contributed by atoms with Crippen molar-refractivity contribution < 1.29 is 19.0 Å². The van der Waals surface area contributed by atoms with Gasteiger partial charge in [0.15, 0.2) is 0 Å². The number of hydrogen-bond donors (Lipinski definition) is 1. The maximum atomic E-state index is 13.5. The highest BCUT2D eigenvalue weighted by molar-refractivity contribution is 5.70. The first-order chi connectivity index (χ1) is 9.12. The van der Waals surface area contributed by atoms with Gasteiger partial charge in [-0.2, -0.15) is 0 Å². The van der Waals surface area contributed by atoms with Crippen molar-refractivity contribution in [2.75, 3.05) is 13.1 Å². The minimum Gasteiger partial charge on any atom is -0.444 e. The second-order valence-corrected chi connectivity index (χ2v) is 6.28. The van der Waals surface area contributed by atoms with Gasteiger partial charge < -0.3 is 14.7 Å². The lowest BCUT2D eigenvalue weighted by molar-refractivity contribution is -0.104. The van der Waals surface area contributed by atoms with Crippen molar-refractivity contribution in [1.29, 1.82) is 0 Å². The molecular formula is C15H20FNO3. The fraction of sp³-hybridized carbons (Fsp3) is 0.533. The lowest BCUT2D eigenvalue weighted by atomic mass is 9.84. The number of nitrogens with zero attached hydrogens (tertiary/aromatic N) is 1. The van der Waals surface area contributed by atoms with Crippen LogP contribution < -0.4 is 0 Å². The van der Waals surface area contributed by atoms with Gasteiger partial charge in [0.25, 0.3) is 0 Å². The Balaban J connectivity index is 2.08. The molecule has 1 aliphatic heterocycles. The molecule has 1 saturated heterocycles. The van der Waals surface area contributed by atoms with Gasteiger partial charge in [0, 0.05) is 0 Å². The summed E-state index contributed by atoms with van der Waals surface area (Å²) < 4.78 is 18.8. The van der Waals surface area contributed by atoms with Crippen LogP contribution in [0.25, 0.3) is 0 Å². The van der Waals surface area contributed by atoms with Crippen LogP contribution in [0.1, 0.15) is 31.9 Å². The third-order valence-electron chi connectivity index (χ3n) is 3.33. The van der Waals surface area contributed by atoms with Crippen LogP contribution in [0.2, 0.25) is 0 Å². The smallest absolute Gasteiger partial charge is 0.410 e. The van der Waals surface area contributed by atoms with Crippen LogP contribution >= 0.6 is 0 Å². The number of ether oxygens (including phenoxy) is 1. The second-order valence-electron chi connectivity index (χ2n) is 6.28. The number of carbonyl (C=O) groups is 1. The molecule has 0 saturated carbocycles. The third-order valence-corrected chi connectivity index (χ3v) is 3.33. The number of amides is 1. The van der Waals surface area contributed by atoms with Gasteiger partial charge in [0.05, 0.1) is 13.1 Å². The first kappa shape index (κ1) is 14.8. The molecule has 0 spiro atoms. The van der Waals surface area contributed by atoms with E-state index in [1.165, 1.54) is 11.0 Å². The number of hydrogen-bond acceptors (Lipinski definition) is 3. The molecule has 4 nitrogen and oxygen atoms in total. The Labute approximate surface area is 118 Å². The summed E-state index contributed by atoms with van der Waals surface area (Å²) in [6.45, 7) is 7.21. The topological polar surface area (TPSA) is 49.8 Å². The zero-order valence-electron chi connectivity index (χ0n) is 12.2. The molecular weight excluding hydrogens is 261 g/mol. The van der Waals surface area contributed by atoms with E-state index < -0.39 is 17.3 Å². The fourth-order valence-corrected chi connectivity index (χ4v) is 2.32. The van der Waals surface area contributed by atoms with E-state index in [9.17, 15) is 14.3 Å². The molecule has 1 aromatic rings. The minimum atomic E-state index is -1.19.